The van der Waals surface area contributed by atoms with Gasteiger partial charge in [-0.05, 0) is 19.9 Å². The molecule has 1 aromatic heterocycles. The van der Waals surface area contributed by atoms with Gasteiger partial charge in [-0.1, -0.05) is 0 Å². The molecule has 0 aliphatic carbocycles. The van der Waals surface area contributed by atoms with E-state index in [9.17, 15) is 9.59 Å². The lowest BCUT2D eigenvalue weighted by atomic mass is 9.99. The normalized spacial score (nSPS) is 10.9. The molecule has 0 aliphatic heterocycles. The van der Waals surface area contributed by atoms with Crippen LogP contribution in [-0.2, 0) is 4.79 Å². The van der Waals surface area contributed by atoms with E-state index >= 15 is 0 Å². The second kappa shape index (κ2) is 4.82. The summed E-state index contributed by atoms with van der Waals surface area (Å²) in [6.07, 6.45) is 2.94. The molecule has 1 aromatic rings. The number of rotatable bonds is 4. The van der Waals surface area contributed by atoms with Gasteiger partial charge in [-0.3, -0.25) is 14.6 Å². The third-order valence-electron chi connectivity index (χ3n) is 2.17. The summed E-state index contributed by atoms with van der Waals surface area (Å²) in [6.45, 7) is 3.42. The van der Waals surface area contributed by atoms with E-state index in [1.54, 1.807) is 13.8 Å². The standard InChI is InChI=1S/C11H16N4O2/c1-11(2,5-9(13)16)15-10(17)7-6-14-4-3-8(7)12/h3-4,6H,5H2,1-2H3,(H2,12,14)(H2,13,16)(H,15,17). The summed E-state index contributed by atoms with van der Waals surface area (Å²) in [6, 6.07) is 1.54. The van der Waals surface area contributed by atoms with Crippen molar-refractivity contribution >= 4 is 17.5 Å². The fourth-order valence-electron chi connectivity index (χ4n) is 1.45. The Morgan fingerprint density at radius 1 is 1.47 bits per heavy atom. The SMILES string of the molecule is CC(C)(CC(N)=O)NC(=O)c1cnccc1N. The fraction of sp³-hybridized carbons (Fsp3) is 0.364. The number of amides is 2. The minimum absolute atomic E-state index is 0.0545. The van der Waals surface area contributed by atoms with Crippen LogP contribution in [0.1, 0.15) is 30.6 Å². The summed E-state index contributed by atoms with van der Waals surface area (Å²) >= 11 is 0. The zero-order valence-corrected chi connectivity index (χ0v) is 9.86. The van der Waals surface area contributed by atoms with E-state index in [1.807, 2.05) is 0 Å². The minimum atomic E-state index is -0.717. The Labute approximate surface area is 99.4 Å². The number of primary amides is 1. The van der Waals surface area contributed by atoms with E-state index in [-0.39, 0.29) is 17.9 Å². The predicted molar refractivity (Wildman–Crippen MR) is 64.0 cm³/mol. The molecule has 6 heteroatoms. The molecule has 17 heavy (non-hydrogen) atoms. The lowest BCUT2D eigenvalue weighted by molar-refractivity contribution is -0.119. The number of nitrogen functional groups attached to an aromatic ring is 1. The Morgan fingerprint density at radius 2 is 2.12 bits per heavy atom. The summed E-state index contributed by atoms with van der Waals surface area (Å²) in [5.41, 5.74) is 10.7. The Balaban J connectivity index is 2.79. The van der Waals surface area contributed by atoms with Gasteiger partial charge >= 0.3 is 0 Å². The summed E-state index contributed by atoms with van der Waals surface area (Å²) in [4.78, 5) is 26.5. The first-order valence-electron chi connectivity index (χ1n) is 5.12. The second-order valence-electron chi connectivity index (χ2n) is 4.44. The monoisotopic (exact) mass is 236 g/mol. The molecule has 0 fully saturated rings. The van der Waals surface area contributed by atoms with Gasteiger partial charge in [-0.2, -0.15) is 0 Å². The largest absolute Gasteiger partial charge is 0.398 e. The van der Waals surface area contributed by atoms with Crippen LogP contribution in [0.3, 0.4) is 0 Å². The van der Waals surface area contributed by atoms with Gasteiger partial charge in [0.25, 0.3) is 5.91 Å². The highest BCUT2D eigenvalue weighted by Gasteiger charge is 2.24. The Hall–Kier alpha value is -2.11. The fourth-order valence-corrected chi connectivity index (χ4v) is 1.45. The molecule has 0 saturated heterocycles. The van der Waals surface area contributed by atoms with Crippen molar-refractivity contribution < 1.29 is 9.59 Å². The van der Waals surface area contributed by atoms with Crippen LogP contribution < -0.4 is 16.8 Å². The number of nitrogens with one attached hydrogen (secondary N) is 1. The number of carbonyl (C=O) groups excluding carboxylic acids is 2. The molecule has 0 spiro atoms. The van der Waals surface area contributed by atoms with Crippen LogP contribution in [-0.4, -0.2) is 22.3 Å². The number of nitrogens with two attached hydrogens (primary N) is 2. The molecule has 0 radical (unpaired) electrons. The highest BCUT2D eigenvalue weighted by atomic mass is 16.2. The first-order chi connectivity index (χ1) is 7.82. The van der Waals surface area contributed by atoms with Gasteiger partial charge < -0.3 is 16.8 Å². The summed E-state index contributed by atoms with van der Waals surface area (Å²) < 4.78 is 0. The van der Waals surface area contributed by atoms with Gasteiger partial charge in [0, 0.05) is 30.0 Å². The van der Waals surface area contributed by atoms with E-state index in [4.69, 9.17) is 11.5 Å². The maximum atomic E-state index is 11.9. The smallest absolute Gasteiger partial charge is 0.255 e. The predicted octanol–water partition coefficient (Wildman–Crippen LogP) is 0.0476. The average Bonchev–Trinajstić information content (AvgIpc) is 2.14. The van der Waals surface area contributed by atoms with E-state index < -0.39 is 11.4 Å². The summed E-state index contributed by atoms with van der Waals surface area (Å²) in [5, 5.41) is 2.68. The molecule has 0 unspecified atom stereocenters. The second-order valence-corrected chi connectivity index (χ2v) is 4.44. The number of hydrogen-bond donors (Lipinski definition) is 3. The van der Waals surface area contributed by atoms with Crippen LogP contribution in [0, 0.1) is 0 Å². The zero-order chi connectivity index (χ0) is 13.1. The Morgan fingerprint density at radius 3 is 2.65 bits per heavy atom. The zero-order valence-electron chi connectivity index (χ0n) is 9.86. The first-order valence-corrected chi connectivity index (χ1v) is 5.12. The first kappa shape index (κ1) is 13.0. The molecule has 1 heterocycles. The van der Waals surface area contributed by atoms with E-state index in [2.05, 4.69) is 10.3 Å². The van der Waals surface area contributed by atoms with Crippen molar-refractivity contribution in [3.05, 3.63) is 24.0 Å². The Bertz CT molecular complexity index is 443. The maximum Gasteiger partial charge on any atom is 0.255 e. The molecule has 5 N–H and O–H groups in total. The van der Waals surface area contributed by atoms with Gasteiger partial charge in [-0.15, -0.1) is 0 Å². The van der Waals surface area contributed by atoms with E-state index in [0.29, 0.717) is 5.69 Å². The van der Waals surface area contributed by atoms with Gasteiger partial charge in [0.2, 0.25) is 5.91 Å². The van der Waals surface area contributed by atoms with Gasteiger partial charge in [0.15, 0.2) is 0 Å². The van der Waals surface area contributed by atoms with Crippen LogP contribution >= 0.6 is 0 Å². The Kier molecular flexibility index (Phi) is 3.67. The molecule has 0 atom stereocenters. The van der Waals surface area contributed by atoms with Crippen LogP contribution in [0.5, 0.6) is 0 Å². The third-order valence-corrected chi connectivity index (χ3v) is 2.17. The number of nitrogens with zero attached hydrogens (tertiary/aromatic N) is 1. The van der Waals surface area contributed by atoms with Crippen LogP contribution in [0.25, 0.3) is 0 Å². The van der Waals surface area contributed by atoms with Gasteiger partial charge in [0.05, 0.1) is 5.56 Å². The minimum Gasteiger partial charge on any atom is -0.398 e. The number of pyridine rings is 1. The highest BCUT2D eigenvalue weighted by Crippen LogP contribution is 2.13. The van der Waals surface area contributed by atoms with Crippen LogP contribution in [0.4, 0.5) is 5.69 Å². The molecule has 92 valence electrons. The maximum absolute atomic E-state index is 11.9. The molecule has 1 rings (SSSR count). The van der Waals surface area contributed by atoms with Crippen molar-refractivity contribution in [2.24, 2.45) is 5.73 Å². The molecule has 0 aromatic carbocycles. The number of hydrogen-bond acceptors (Lipinski definition) is 4. The van der Waals surface area contributed by atoms with E-state index in [0.717, 1.165) is 0 Å². The van der Waals surface area contributed by atoms with Crippen molar-refractivity contribution in [2.75, 3.05) is 5.73 Å². The number of aromatic nitrogens is 1. The van der Waals surface area contributed by atoms with Crippen LogP contribution in [0.2, 0.25) is 0 Å². The topological polar surface area (TPSA) is 111 Å². The van der Waals surface area contributed by atoms with Crippen molar-refractivity contribution in [3.63, 3.8) is 0 Å². The lowest BCUT2D eigenvalue weighted by Gasteiger charge is -2.24. The van der Waals surface area contributed by atoms with Crippen molar-refractivity contribution in [3.8, 4) is 0 Å². The van der Waals surface area contributed by atoms with Gasteiger partial charge in [-0.25, -0.2) is 0 Å². The van der Waals surface area contributed by atoms with Crippen molar-refractivity contribution in [2.45, 2.75) is 25.8 Å². The molecule has 6 nitrogen and oxygen atoms in total. The molecule has 0 saturated carbocycles. The quantitative estimate of drug-likeness (QED) is 0.685. The lowest BCUT2D eigenvalue weighted by Crippen LogP contribution is -2.46. The van der Waals surface area contributed by atoms with Crippen molar-refractivity contribution in [1.82, 2.24) is 10.3 Å². The summed E-state index contributed by atoms with van der Waals surface area (Å²) in [5.74, 6) is -0.851. The molecular weight excluding hydrogens is 220 g/mol. The van der Waals surface area contributed by atoms with Crippen molar-refractivity contribution in [1.29, 1.82) is 0 Å². The highest BCUT2D eigenvalue weighted by molar-refractivity contribution is 5.99. The summed E-state index contributed by atoms with van der Waals surface area (Å²) in [7, 11) is 0. The number of anilines is 1. The average molecular weight is 236 g/mol. The third kappa shape index (κ3) is 3.75. The number of carbonyl (C=O) groups is 2. The van der Waals surface area contributed by atoms with Crippen LogP contribution in [0.15, 0.2) is 18.5 Å². The molecule has 0 aliphatic rings. The molecule has 0 bridgehead atoms. The molecule has 2 amide bonds. The van der Waals surface area contributed by atoms with Gasteiger partial charge in [0.1, 0.15) is 0 Å². The van der Waals surface area contributed by atoms with E-state index in [1.165, 1.54) is 18.5 Å². The molecular formula is C11H16N4O2.